The average molecular weight is 289 g/mol. The van der Waals surface area contributed by atoms with Gasteiger partial charge in [0.2, 0.25) is 5.91 Å². The molecule has 2 aromatic rings. The quantitative estimate of drug-likeness (QED) is 0.905. The minimum atomic E-state index is -0.966. The number of aromatic carboxylic acids is 1. The summed E-state index contributed by atoms with van der Waals surface area (Å²) >= 11 is 1.55. The number of carboxylic acids is 1. The first-order chi connectivity index (χ1) is 9.49. The van der Waals surface area contributed by atoms with E-state index in [0.29, 0.717) is 11.3 Å². The highest BCUT2D eigenvalue weighted by Crippen LogP contribution is 2.21. The number of aryl methyl sites for hydroxylation is 1. The molecule has 5 heteroatoms. The largest absolute Gasteiger partial charge is 0.478 e. The van der Waals surface area contributed by atoms with Gasteiger partial charge in [0, 0.05) is 5.69 Å². The molecule has 1 heterocycles. The maximum absolute atomic E-state index is 12.1. The fraction of sp³-hybridized carbons (Fsp3) is 0.200. The number of nitrogens with one attached hydrogen (secondary N) is 1. The third-order valence-electron chi connectivity index (χ3n) is 3.16. The summed E-state index contributed by atoms with van der Waals surface area (Å²) in [7, 11) is 0. The molecular formula is C15H15NO3S. The van der Waals surface area contributed by atoms with Crippen LogP contribution in [0.25, 0.3) is 0 Å². The molecule has 0 aliphatic rings. The Morgan fingerprint density at radius 2 is 2.05 bits per heavy atom. The van der Waals surface area contributed by atoms with Crippen LogP contribution in [0.1, 0.15) is 34.3 Å². The Hall–Kier alpha value is -2.14. The van der Waals surface area contributed by atoms with E-state index in [0.717, 1.165) is 5.56 Å². The highest BCUT2D eigenvalue weighted by molar-refractivity contribution is 7.08. The normalized spacial score (nSPS) is 11.9. The summed E-state index contributed by atoms with van der Waals surface area (Å²) in [6.07, 6.45) is 0. The number of hydrogen-bond donors (Lipinski definition) is 2. The van der Waals surface area contributed by atoms with E-state index in [1.807, 2.05) is 23.8 Å². The van der Waals surface area contributed by atoms with Crippen molar-refractivity contribution in [1.82, 2.24) is 0 Å². The molecule has 0 bridgehead atoms. The molecule has 4 nitrogen and oxygen atoms in total. The van der Waals surface area contributed by atoms with Crippen LogP contribution in [0.3, 0.4) is 0 Å². The molecule has 1 aromatic heterocycles. The Morgan fingerprint density at radius 3 is 2.60 bits per heavy atom. The summed E-state index contributed by atoms with van der Waals surface area (Å²) in [4.78, 5) is 23.1. The summed E-state index contributed by atoms with van der Waals surface area (Å²) in [5, 5.41) is 15.7. The highest BCUT2D eigenvalue weighted by Gasteiger charge is 2.16. The molecule has 2 N–H and O–H groups in total. The number of carbonyl (C=O) groups is 2. The molecule has 1 atom stereocenters. The molecule has 20 heavy (non-hydrogen) atoms. The summed E-state index contributed by atoms with van der Waals surface area (Å²) in [5.41, 5.74) is 2.46. The minimum absolute atomic E-state index is 0.106. The van der Waals surface area contributed by atoms with E-state index < -0.39 is 5.97 Å². The van der Waals surface area contributed by atoms with E-state index in [9.17, 15) is 9.59 Å². The number of carboxylic acid groups (broad SMARTS) is 1. The fourth-order valence-electron chi connectivity index (χ4n) is 1.90. The van der Waals surface area contributed by atoms with Crippen molar-refractivity contribution < 1.29 is 14.7 Å². The number of amides is 1. The van der Waals surface area contributed by atoms with Gasteiger partial charge in [0.1, 0.15) is 0 Å². The standard InChI is InChI=1S/C15H15NO3S/c1-9-7-12(3-4-13(9)15(18)19)16-14(17)10(2)11-5-6-20-8-11/h3-8,10H,1-2H3,(H,16,17)(H,18,19). The lowest BCUT2D eigenvalue weighted by Crippen LogP contribution is -2.18. The van der Waals surface area contributed by atoms with Gasteiger partial charge in [0.15, 0.2) is 0 Å². The van der Waals surface area contributed by atoms with Crippen molar-refractivity contribution in [3.63, 3.8) is 0 Å². The molecule has 1 unspecified atom stereocenters. The number of benzene rings is 1. The molecule has 0 saturated heterocycles. The van der Waals surface area contributed by atoms with Crippen molar-refractivity contribution in [2.24, 2.45) is 0 Å². The van der Waals surface area contributed by atoms with Gasteiger partial charge >= 0.3 is 5.97 Å². The van der Waals surface area contributed by atoms with E-state index in [1.54, 1.807) is 30.4 Å². The Morgan fingerprint density at radius 1 is 1.30 bits per heavy atom. The molecule has 0 aliphatic carbocycles. The van der Waals surface area contributed by atoms with Crippen LogP contribution in [0, 0.1) is 6.92 Å². The maximum Gasteiger partial charge on any atom is 0.335 e. The van der Waals surface area contributed by atoms with Gasteiger partial charge in [-0.15, -0.1) is 0 Å². The van der Waals surface area contributed by atoms with Crippen molar-refractivity contribution in [3.8, 4) is 0 Å². The van der Waals surface area contributed by atoms with Gasteiger partial charge in [0.05, 0.1) is 11.5 Å². The highest BCUT2D eigenvalue weighted by atomic mass is 32.1. The zero-order chi connectivity index (χ0) is 14.7. The van der Waals surface area contributed by atoms with E-state index >= 15 is 0 Å². The summed E-state index contributed by atoms with van der Waals surface area (Å²) in [6, 6.07) is 6.70. The van der Waals surface area contributed by atoms with Gasteiger partial charge in [-0.3, -0.25) is 4.79 Å². The lowest BCUT2D eigenvalue weighted by Gasteiger charge is -2.12. The van der Waals surface area contributed by atoms with E-state index in [1.165, 1.54) is 6.07 Å². The van der Waals surface area contributed by atoms with E-state index in [2.05, 4.69) is 5.32 Å². The molecule has 0 fully saturated rings. The zero-order valence-electron chi connectivity index (χ0n) is 11.2. The monoisotopic (exact) mass is 289 g/mol. The molecule has 0 saturated carbocycles. The second kappa shape index (κ2) is 5.88. The maximum atomic E-state index is 12.1. The predicted octanol–water partition coefficient (Wildman–Crippen LogP) is 3.50. The molecule has 104 valence electrons. The van der Waals surface area contributed by atoms with Crippen LogP contribution >= 0.6 is 11.3 Å². The molecule has 0 aliphatic heterocycles. The molecule has 1 amide bonds. The second-order valence-corrected chi connectivity index (χ2v) is 5.38. The van der Waals surface area contributed by atoms with E-state index in [-0.39, 0.29) is 17.4 Å². The third-order valence-corrected chi connectivity index (χ3v) is 3.86. The van der Waals surface area contributed by atoms with Crippen LogP contribution < -0.4 is 5.32 Å². The Labute approximate surface area is 121 Å². The van der Waals surface area contributed by atoms with Crippen molar-refractivity contribution in [1.29, 1.82) is 0 Å². The summed E-state index contributed by atoms with van der Waals surface area (Å²) in [6.45, 7) is 3.55. The van der Waals surface area contributed by atoms with Crippen molar-refractivity contribution in [2.75, 3.05) is 5.32 Å². The SMILES string of the molecule is Cc1cc(NC(=O)C(C)c2ccsc2)ccc1C(=O)O. The summed E-state index contributed by atoms with van der Waals surface area (Å²) in [5.74, 6) is -1.31. The Kier molecular flexibility index (Phi) is 4.20. The smallest absolute Gasteiger partial charge is 0.335 e. The first-order valence-corrected chi connectivity index (χ1v) is 7.10. The lowest BCUT2D eigenvalue weighted by molar-refractivity contribution is -0.117. The molecular weight excluding hydrogens is 274 g/mol. The van der Waals surface area contributed by atoms with Crippen LogP contribution in [0.5, 0.6) is 0 Å². The van der Waals surface area contributed by atoms with Gasteiger partial charge in [-0.2, -0.15) is 11.3 Å². The van der Waals surface area contributed by atoms with Crippen LogP contribution in [-0.2, 0) is 4.79 Å². The predicted molar refractivity (Wildman–Crippen MR) is 79.5 cm³/mol. The third kappa shape index (κ3) is 3.05. The number of anilines is 1. The zero-order valence-corrected chi connectivity index (χ0v) is 12.0. The molecule has 0 radical (unpaired) electrons. The van der Waals surface area contributed by atoms with Crippen LogP contribution in [0.2, 0.25) is 0 Å². The number of hydrogen-bond acceptors (Lipinski definition) is 3. The first kappa shape index (κ1) is 14.3. The first-order valence-electron chi connectivity index (χ1n) is 6.16. The Balaban J connectivity index is 2.12. The van der Waals surface area contributed by atoms with Crippen molar-refractivity contribution in [2.45, 2.75) is 19.8 Å². The number of thiophene rings is 1. The van der Waals surface area contributed by atoms with Gasteiger partial charge in [-0.25, -0.2) is 4.79 Å². The Bertz CT molecular complexity index is 635. The van der Waals surface area contributed by atoms with Gasteiger partial charge in [-0.1, -0.05) is 0 Å². The van der Waals surface area contributed by atoms with E-state index in [4.69, 9.17) is 5.11 Å². The average Bonchev–Trinajstić information content (AvgIpc) is 2.91. The molecule has 1 aromatic carbocycles. The minimum Gasteiger partial charge on any atom is -0.478 e. The van der Waals surface area contributed by atoms with Gasteiger partial charge in [0.25, 0.3) is 0 Å². The van der Waals surface area contributed by atoms with Crippen molar-refractivity contribution >= 4 is 28.9 Å². The topological polar surface area (TPSA) is 66.4 Å². The van der Waals surface area contributed by atoms with Crippen LogP contribution in [0.4, 0.5) is 5.69 Å². The number of carbonyl (C=O) groups excluding carboxylic acids is 1. The van der Waals surface area contributed by atoms with Crippen LogP contribution in [0.15, 0.2) is 35.0 Å². The fourth-order valence-corrected chi connectivity index (χ4v) is 2.66. The van der Waals surface area contributed by atoms with Gasteiger partial charge < -0.3 is 10.4 Å². The summed E-state index contributed by atoms with van der Waals surface area (Å²) < 4.78 is 0. The second-order valence-electron chi connectivity index (χ2n) is 4.60. The number of rotatable bonds is 4. The molecule has 2 rings (SSSR count). The van der Waals surface area contributed by atoms with Gasteiger partial charge in [-0.05, 0) is 60.0 Å². The molecule has 0 spiro atoms. The lowest BCUT2D eigenvalue weighted by atomic mass is 10.0. The van der Waals surface area contributed by atoms with Crippen LogP contribution in [-0.4, -0.2) is 17.0 Å². The van der Waals surface area contributed by atoms with Crippen molar-refractivity contribution in [3.05, 3.63) is 51.7 Å².